The Morgan fingerprint density at radius 1 is 1.32 bits per heavy atom. The van der Waals surface area contributed by atoms with E-state index in [1.807, 2.05) is 11.1 Å². The number of thioether (sulfide) groups is 1. The average molecular weight is 401 g/mol. The second kappa shape index (κ2) is 7.65. The van der Waals surface area contributed by atoms with E-state index in [9.17, 15) is 4.79 Å². The normalized spacial score (nSPS) is 20.4. The number of morpholine rings is 1. The van der Waals surface area contributed by atoms with Crippen molar-refractivity contribution in [3.63, 3.8) is 0 Å². The minimum Gasteiger partial charge on any atom is -0.379 e. The number of benzene rings is 1. The van der Waals surface area contributed by atoms with Crippen LogP contribution in [0.15, 0.2) is 29.4 Å². The number of rotatable bonds is 5. The topological polar surface area (TPSA) is 85.5 Å². The Labute approximate surface area is 167 Å². The molecule has 28 heavy (non-hydrogen) atoms. The Morgan fingerprint density at radius 2 is 2.18 bits per heavy atom. The van der Waals surface area contributed by atoms with E-state index in [-0.39, 0.29) is 6.03 Å². The molecule has 3 N–H and O–H groups in total. The Balaban J connectivity index is 1.26. The molecule has 1 aromatic heterocycles. The molecule has 3 heterocycles. The summed E-state index contributed by atoms with van der Waals surface area (Å²) in [5.74, 6) is 1.52. The predicted octanol–water partition coefficient (Wildman–Crippen LogP) is 2.17. The number of urea groups is 1. The van der Waals surface area contributed by atoms with E-state index in [0.717, 1.165) is 73.6 Å². The van der Waals surface area contributed by atoms with Gasteiger partial charge in [-0.15, -0.1) is 0 Å². The highest BCUT2D eigenvalue weighted by molar-refractivity contribution is 8.03. The van der Waals surface area contributed by atoms with Crippen LogP contribution in [0.25, 0.3) is 11.0 Å². The van der Waals surface area contributed by atoms with Crippen molar-refractivity contribution in [1.29, 1.82) is 0 Å². The van der Waals surface area contributed by atoms with Gasteiger partial charge in [-0.2, -0.15) is 0 Å². The average Bonchev–Trinajstić information content (AvgIpc) is 3.22. The lowest BCUT2D eigenvalue weighted by Gasteiger charge is -2.26. The van der Waals surface area contributed by atoms with Crippen molar-refractivity contribution in [2.45, 2.75) is 25.4 Å². The quantitative estimate of drug-likeness (QED) is 0.713. The molecule has 1 saturated carbocycles. The SMILES string of the molecule is O=C(NC1=CN(c2nc3cc(CN4CCOCC4)ccc3[nH]2)CS1)NC1CC1. The van der Waals surface area contributed by atoms with Crippen molar-refractivity contribution in [3.8, 4) is 0 Å². The molecule has 2 aliphatic heterocycles. The molecule has 0 unspecified atom stereocenters. The summed E-state index contributed by atoms with van der Waals surface area (Å²) in [4.78, 5) is 24.5. The summed E-state index contributed by atoms with van der Waals surface area (Å²) in [5, 5.41) is 6.69. The number of carbonyl (C=O) groups excluding carboxylic acids is 1. The minimum absolute atomic E-state index is 0.125. The summed E-state index contributed by atoms with van der Waals surface area (Å²) in [6, 6.07) is 6.63. The monoisotopic (exact) mass is 400 g/mol. The maximum atomic E-state index is 11.9. The van der Waals surface area contributed by atoms with Crippen LogP contribution in [0.5, 0.6) is 0 Å². The summed E-state index contributed by atoms with van der Waals surface area (Å²) in [5.41, 5.74) is 3.25. The van der Waals surface area contributed by atoms with Crippen LogP contribution in [0.3, 0.4) is 0 Å². The van der Waals surface area contributed by atoms with Gasteiger partial charge >= 0.3 is 6.03 Å². The van der Waals surface area contributed by atoms with Gasteiger partial charge in [0.1, 0.15) is 0 Å². The lowest BCUT2D eigenvalue weighted by atomic mass is 10.2. The molecule has 3 aliphatic rings. The highest BCUT2D eigenvalue weighted by Gasteiger charge is 2.25. The standard InChI is InChI=1S/C19H24N6O2S/c26-19(20-14-2-3-14)23-17-11-25(12-28-17)18-21-15-4-1-13(9-16(15)22-18)10-24-5-7-27-8-6-24/h1,4,9,11,14H,2-3,5-8,10,12H2,(H,21,22)(H2,20,23,26). The molecule has 0 bridgehead atoms. The number of carbonyl (C=O) groups is 1. The summed E-state index contributed by atoms with van der Waals surface area (Å²) in [6.07, 6.45) is 4.10. The van der Waals surface area contributed by atoms with Crippen LogP contribution in [0.4, 0.5) is 10.7 Å². The molecule has 2 fully saturated rings. The van der Waals surface area contributed by atoms with Crippen molar-refractivity contribution in [3.05, 3.63) is 35.0 Å². The number of hydrogen-bond donors (Lipinski definition) is 3. The van der Waals surface area contributed by atoms with E-state index >= 15 is 0 Å². The minimum atomic E-state index is -0.125. The fraction of sp³-hybridized carbons (Fsp3) is 0.474. The molecule has 8 nitrogen and oxygen atoms in total. The van der Waals surface area contributed by atoms with Crippen molar-refractivity contribution < 1.29 is 9.53 Å². The van der Waals surface area contributed by atoms with E-state index in [1.54, 1.807) is 11.8 Å². The van der Waals surface area contributed by atoms with E-state index in [1.165, 1.54) is 5.56 Å². The van der Waals surface area contributed by atoms with Crippen molar-refractivity contribution in [2.75, 3.05) is 37.1 Å². The third-order valence-electron chi connectivity index (χ3n) is 5.10. The Hall–Kier alpha value is -2.23. The second-order valence-electron chi connectivity index (χ2n) is 7.41. The van der Waals surface area contributed by atoms with Crippen LogP contribution < -0.4 is 15.5 Å². The molecular formula is C19H24N6O2S. The molecule has 1 aliphatic carbocycles. The van der Waals surface area contributed by atoms with Crippen LogP contribution in [-0.2, 0) is 11.3 Å². The fourth-order valence-corrected chi connectivity index (χ4v) is 4.24. The van der Waals surface area contributed by atoms with E-state index in [2.05, 4.69) is 38.7 Å². The van der Waals surface area contributed by atoms with Gasteiger partial charge in [0.05, 0.1) is 35.2 Å². The van der Waals surface area contributed by atoms with Crippen LogP contribution in [-0.4, -0.2) is 59.1 Å². The van der Waals surface area contributed by atoms with E-state index in [4.69, 9.17) is 9.72 Å². The Kier molecular flexibility index (Phi) is 4.87. The first-order chi connectivity index (χ1) is 13.7. The number of aromatic amines is 1. The predicted molar refractivity (Wildman–Crippen MR) is 110 cm³/mol. The summed E-state index contributed by atoms with van der Waals surface area (Å²) in [7, 11) is 0. The van der Waals surface area contributed by atoms with Gasteiger partial charge in [-0.25, -0.2) is 9.78 Å². The highest BCUT2D eigenvalue weighted by Crippen LogP contribution is 2.29. The molecule has 2 aromatic rings. The van der Waals surface area contributed by atoms with Crippen LogP contribution >= 0.6 is 11.8 Å². The first kappa shape index (κ1) is 17.8. The van der Waals surface area contributed by atoms with Gasteiger partial charge in [-0.1, -0.05) is 17.8 Å². The molecule has 1 saturated heterocycles. The number of aromatic nitrogens is 2. The molecule has 0 spiro atoms. The van der Waals surface area contributed by atoms with Crippen LogP contribution in [0.2, 0.25) is 0 Å². The first-order valence-electron chi connectivity index (χ1n) is 9.70. The number of fused-ring (bicyclic) bond motifs is 1. The molecule has 9 heteroatoms. The molecule has 5 rings (SSSR count). The maximum Gasteiger partial charge on any atom is 0.319 e. The van der Waals surface area contributed by atoms with Gasteiger partial charge in [0.2, 0.25) is 5.95 Å². The summed E-state index contributed by atoms with van der Waals surface area (Å²) < 4.78 is 5.42. The third-order valence-corrected chi connectivity index (χ3v) is 6.02. The van der Waals surface area contributed by atoms with E-state index in [0.29, 0.717) is 6.04 Å². The number of nitrogens with zero attached hydrogens (tertiary/aromatic N) is 3. The Bertz CT molecular complexity index is 903. The number of ether oxygens (including phenoxy) is 1. The number of hydrogen-bond acceptors (Lipinski definition) is 6. The summed E-state index contributed by atoms with van der Waals surface area (Å²) >= 11 is 1.59. The van der Waals surface area contributed by atoms with Crippen molar-refractivity contribution >= 4 is 34.8 Å². The van der Waals surface area contributed by atoms with Gasteiger partial charge in [0.15, 0.2) is 0 Å². The number of anilines is 1. The zero-order valence-corrected chi connectivity index (χ0v) is 16.4. The molecule has 0 radical (unpaired) electrons. The van der Waals surface area contributed by atoms with Crippen molar-refractivity contribution in [2.24, 2.45) is 0 Å². The maximum absolute atomic E-state index is 11.9. The number of imidazole rings is 1. The third kappa shape index (κ3) is 4.11. The van der Waals surface area contributed by atoms with Crippen molar-refractivity contribution in [1.82, 2.24) is 25.5 Å². The zero-order valence-electron chi connectivity index (χ0n) is 15.6. The number of amides is 2. The van der Waals surface area contributed by atoms with Gasteiger partial charge in [0.25, 0.3) is 0 Å². The number of nitrogens with one attached hydrogen (secondary N) is 3. The fourth-order valence-electron chi connectivity index (χ4n) is 3.40. The van der Waals surface area contributed by atoms with Gasteiger partial charge < -0.3 is 25.3 Å². The molecule has 2 amide bonds. The smallest absolute Gasteiger partial charge is 0.319 e. The van der Waals surface area contributed by atoms with Crippen LogP contribution in [0.1, 0.15) is 18.4 Å². The first-order valence-corrected chi connectivity index (χ1v) is 10.7. The van der Waals surface area contributed by atoms with Gasteiger partial charge in [-0.05, 0) is 30.5 Å². The van der Waals surface area contributed by atoms with Crippen LogP contribution in [0, 0.1) is 0 Å². The molecule has 1 aromatic carbocycles. The zero-order chi connectivity index (χ0) is 18.9. The molecular weight excluding hydrogens is 376 g/mol. The second-order valence-corrected chi connectivity index (χ2v) is 8.40. The van der Waals surface area contributed by atoms with Gasteiger partial charge in [0, 0.05) is 31.9 Å². The molecule has 0 atom stereocenters. The summed E-state index contributed by atoms with van der Waals surface area (Å²) in [6.45, 7) is 4.49. The lowest BCUT2D eigenvalue weighted by Crippen LogP contribution is -2.35. The number of H-pyrrole nitrogens is 1. The highest BCUT2D eigenvalue weighted by atomic mass is 32.2. The largest absolute Gasteiger partial charge is 0.379 e. The Morgan fingerprint density at radius 3 is 3.00 bits per heavy atom. The lowest BCUT2D eigenvalue weighted by molar-refractivity contribution is 0.0342. The van der Waals surface area contributed by atoms with E-state index < -0.39 is 0 Å². The molecule has 148 valence electrons. The van der Waals surface area contributed by atoms with Gasteiger partial charge in [-0.3, -0.25) is 4.90 Å².